The Bertz CT molecular complexity index is 526. The molecular formula is C11H16ClN7. The van der Waals surface area contributed by atoms with Crippen LogP contribution in [0.4, 0.5) is 5.95 Å². The Morgan fingerprint density at radius 2 is 2.05 bits per heavy atom. The average Bonchev–Trinajstić information content (AvgIpc) is 2.79. The van der Waals surface area contributed by atoms with Crippen LogP contribution in [0.2, 0.25) is 5.28 Å². The third kappa shape index (κ3) is 3.85. The highest BCUT2D eigenvalue weighted by molar-refractivity contribution is 6.28. The minimum Gasteiger partial charge on any atom is -0.352 e. The maximum atomic E-state index is 5.89. The molecule has 2 aromatic rings. The van der Waals surface area contributed by atoms with E-state index >= 15 is 0 Å². The molecule has 0 aliphatic rings. The fourth-order valence-electron chi connectivity index (χ4n) is 1.80. The zero-order valence-electron chi connectivity index (χ0n) is 11.1. The van der Waals surface area contributed by atoms with Crippen LogP contribution in [0.3, 0.4) is 0 Å². The number of anilines is 1. The van der Waals surface area contributed by atoms with Crippen molar-refractivity contribution in [1.29, 1.82) is 0 Å². The highest BCUT2D eigenvalue weighted by Gasteiger charge is 2.10. The number of hydrogen-bond donors (Lipinski definition) is 1. The third-order valence-corrected chi connectivity index (χ3v) is 2.59. The maximum absolute atomic E-state index is 5.89. The summed E-state index contributed by atoms with van der Waals surface area (Å²) in [6, 6.07) is 0.252. The maximum Gasteiger partial charge on any atom is 0.258 e. The Balaban J connectivity index is 2.18. The van der Waals surface area contributed by atoms with Crippen LogP contribution < -0.4 is 5.32 Å². The Kier molecular flexibility index (Phi) is 4.26. The van der Waals surface area contributed by atoms with Crippen molar-refractivity contribution in [2.24, 2.45) is 5.92 Å². The van der Waals surface area contributed by atoms with Gasteiger partial charge < -0.3 is 5.32 Å². The molecule has 0 saturated carbocycles. The van der Waals surface area contributed by atoms with Crippen molar-refractivity contribution in [3.63, 3.8) is 0 Å². The summed E-state index contributed by atoms with van der Waals surface area (Å²) in [6.07, 6.45) is 3.93. The molecular weight excluding hydrogens is 266 g/mol. The number of rotatable bonds is 5. The van der Waals surface area contributed by atoms with E-state index in [1.165, 1.54) is 17.3 Å². The van der Waals surface area contributed by atoms with Crippen LogP contribution in [0.25, 0.3) is 5.95 Å². The molecule has 102 valence electrons. The van der Waals surface area contributed by atoms with Crippen molar-refractivity contribution < 1.29 is 0 Å². The van der Waals surface area contributed by atoms with Gasteiger partial charge in [-0.3, -0.25) is 0 Å². The van der Waals surface area contributed by atoms with E-state index in [1.807, 2.05) is 0 Å². The lowest BCUT2D eigenvalue weighted by atomic mass is 10.1. The summed E-state index contributed by atoms with van der Waals surface area (Å²) in [5.41, 5.74) is 0. The molecule has 0 radical (unpaired) electrons. The molecule has 0 spiro atoms. The number of aromatic nitrogens is 6. The Morgan fingerprint density at radius 1 is 1.26 bits per heavy atom. The molecule has 1 N–H and O–H groups in total. The zero-order chi connectivity index (χ0) is 13.8. The molecule has 0 aliphatic heterocycles. The monoisotopic (exact) mass is 281 g/mol. The van der Waals surface area contributed by atoms with E-state index in [9.17, 15) is 0 Å². The van der Waals surface area contributed by atoms with Crippen LogP contribution in [0.1, 0.15) is 27.2 Å². The summed E-state index contributed by atoms with van der Waals surface area (Å²) in [4.78, 5) is 16.2. The summed E-state index contributed by atoms with van der Waals surface area (Å²) < 4.78 is 1.44. The van der Waals surface area contributed by atoms with Gasteiger partial charge >= 0.3 is 0 Å². The second kappa shape index (κ2) is 5.92. The van der Waals surface area contributed by atoms with Gasteiger partial charge in [0.15, 0.2) is 0 Å². The van der Waals surface area contributed by atoms with Gasteiger partial charge in [-0.05, 0) is 30.9 Å². The third-order valence-electron chi connectivity index (χ3n) is 2.42. The van der Waals surface area contributed by atoms with Gasteiger partial charge in [-0.2, -0.15) is 24.7 Å². The van der Waals surface area contributed by atoms with Crippen LogP contribution in [0.15, 0.2) is 12.7 Å². The van der Waals surface area contributed by atoms with E-state index in [0.717, 1.165) is 6.42 Å². The molecule has 1 unspecified atom stereocenters. The van der Waals surface area contributed by atoms with Gasteiger partial charge in [-0.15, -0.1) is 0 Å². The first-order chi connectivity index (χ1) is 9.04. The van der Waals surface area contributed by atoms with Gasteiger partial charge in [-0.25, -0.2) is 4.98 Å². The van der Waals surface area contributed by atoms with E-state index in [0.29, 0.717) is 17.8 Å². The lowest BCUT2D eigenvalue weighted by Crippen LogP contribution is -2.20. The molecule has 0 aliphatic carbocycles. The van der Waals surface area contributed by atoms with Gasteiger partial charge in [0.05, 0.1) is 0 Å². The van der Waals surface area contributed by atoms with Crippen molar-refractivity contribution >= 4 is 17.5 Å². The van der Waals surface area contributed by atoms with E-state index < -0.39 is 0 Å². The standard InChI is InChI=1S/C11H16ClN7/c1-7(2)4-8(3)15-10-16-9(12)17-11(18-10)19-6-13-5-14-19/h5-8H,4H2,1-3H3,(H,15,16,17,18). The molecule has 0 fully saturated rings. The normalized spacial score (nSPS) is 12.7. The highest BCUT2D eigenvalue weighted by atomic mass is 35.5. The lowest BCUT2D eigenvalue weighted by molar-refractivity contribution is 0.537. The topological polar surface area (TPSA) is 81.4 Å². The largest absolute Gasteiger partial charge is 0.352 e. The second-order valence-corrected chi connectivity index (χ2v) is 5.08. The number of hydrogen-bond acceptors (Lipinski definition) is 6. The second-order valence-electron chi connectivity index (χ2n) is 4.74. The first-order valence-corrected chi connectivity index (χ1v) is 6.45. The molecule has 8 heteroatoms. The van der Waals surface area contributed by atoms with Gasteiger partial charge in [0.25, 0.3) is 5.95 Å². The quantitative estimate of drug-likeness (QED) is 0.902. The van der Waals surface area contributed by atoms with Crippen molar-refractivity contribution in [2.45, 2.75) is 33.2 Å². The van der Waals surface area contributed by atoms with Crippen LogP contribution in [0, 0.1) is 5.92 Å². The fraction of sp³-hybridized carbons (Fsp3) is 0.545. The molecule has 0 bridgehead atoms. The summed E-state index contributed by atoms with van der Waals surface area (Å²) >= 11 is 5.89. The molecule has 1 atom stereocenters. The van der Waals surface area contributed by atoms with Crippen molar-refractivity contribution in [2.75, 3.05) is 5.32 Å². The summed E-state index contributed by atoms with van der Waals surface area (Å²) in [7, 11) is 0. The van der Waals surface area contributed by atoms with Crippen molar-refractivity contribution in [1.82, 2.24) is 29.7 Å². The SMILES string of the molecule is CC(C)CC(C)Nc1nc(Cl)nc(-n2cncn2)n1. The first-order valence-electron chi connectivity index (χ1n) is 6.07. The molecule has 7 nitrogen and oxygen atoms in total. The smallest absolute Gasteiger partial charge is 0.258 e. The van der Waals surface area contributed by atoms with E-state index in [4.69, 9.17) is 11.6 Å². The van der Waals surface area contributed by atoms with Gasteiger partial charge in [0.1, 0.15) is 12.7 Å². The summed E-state index contributed by atoms with van der Waals surface area (Å²) in [5, 5.41) is 7.30. The number of halogens is 1. The molecule has 19 heavy (non-hydrogen) atoms. The highest BCUT2D eigenvalue weighted by Crippen LogP contribution is 2.12. The minimum absolute atomic E-state index is 0.125. The predicted octanol–water partition coefficient (Wildman–Crippen LogP) is 1.95. The van der Waals surface area contributed by atoms with Gasteiger partial charge in [0.2, 0.25) is 11.2 Å². The lowest BCUT2D eigenvalue weighted by Gasteiger charge is -2.15. The van der Waals surface area contributed by atoms with E-state index in [-0.39, 0.29) is 11.3 Å². The minimum atomic E-state index is 0.125. The Hall–Kier alpha value is -1.76. The van der Waals surface area contributed by atoms with Crippen molar-refractivity contribution in [3.05, 3.63) is 17.9 Å². The average molecular weight is 282 g/mol. The van der Waals surface area contributed by atoms with Gasteiger partial charge in [-0.1, -0.05) is 13.8 Å². The number of nitrogens with zero attached hydrogens (tertiary/aromatic N) is 6. The molecule has 2 rings (SSSR count). The zero-order valence-corrected chi connectivity index (χ0v) is 11.8. The van der Waals surface area contributed by atoms with Gasteiger partial charge in [0, 0.05) is 6.04 Å². The van der Waals surface area contributed by atoms with Crippen LogP contribution in [-0.2, 0) is 0 Å². The summed E-state index contributed by atoms with van der Waals surface area (Å²) in [6.45, 7) is 6.41. The molecule has 0 aromatic carbocycles. The molecule has 0 saturated heterocycles. The molecule has 2 heterocycles. The van der Waals surface area contributed by atoms with Crippen LogP contribution in [0.5, 0.6) is 0 Å². The molecule has 2 aromatic heterocycles. The Morgan fingerprint density at radius 3 is 2.68 bits per heavy atom. The van der Waals surface area contributed by atoms with Crippen LogP contribution in [-0.4, -0.2) is 35.8 Å². The van der Waals surface area contributed by atoms with E-state index in [1.54, 1.807) is 0 Å². The Labute approximate surface area is 116 Å². The van der Waals surface area contributed by atoms with E-state index in [2.05, 4.69) is 51.1 Å². The summed E-state index contributed by atoms with van der Waals surface area (Å²) in [5.74, 6) is 1.38. The van der Waals surface area contributed by atoms with Crippen LogP contribution >= 0.6 is 11.6 Å². The van der Waals surface area contributed by atoms with Crippen molar-refractivity contribution in [3.8, 4) is 5.95 Å². The fourth-order valence-corrected chi connectivity index (χ4v) is 1.96. The predicted molar refractivity (Wildman–Crippen MR) is 72.3 cm³/mol. The first kappa shape index (κ1) is 13.7. The number of nitrogens with one attached hydrogen (secondary N) is 1. The molecule has 0 amide bonds.